The highest BCUT2D eigenvalue weighted by atomic mass is 32.1. The lowest BCUT2D eigenvalue weighted by Gasteiger charge is -2.11. The van der Waals surface area contributed by atoms with E-state index in [9.17, 15) is 0 Å². The Morgan fingerprint density at radius 3 is 2.15 bits per heavy atom. The Morgan fingerprint density at radius 2 is 1.69 bits per heavy atom. The first-order valence-electron chi connectivity index (χ1n) is 3.85. The van der Waals surface area contributed by atoms with Gasteiger partial charge >= 0.3 is 0 Å². The quantitative estimate of drug-likeness (QED) is 0.730. The van der Waals surface area contributed by atoms with Gasteiger partial charge in [0.2, 0.25) is 0 Å². The third-order valence-corrected chi connectivity index (χ3v) is 2.14. The summed E-state index contributed by atoms with van der Waals surface area (Å²) in [5.41, 5.74) is 0.918. The lowest BCUT2D eigenvalue weighted by molar-refractivity contribution is 0.354. The van der Waals surface area contributed by atoms with Gasteiger partial charge in [-0.3, -0.25) is 0 Å². The maximum Gasteiger partial charge on any atom is 0.162 e. The fourth-order valence-corrected chi connectivity index (χ4v) is 1.36. The number of methoxy groups -OCH3 is 2. The van der Waals surface area contributed by atoms with Gasteiger partial charge in [0.25, 0.3) is 0 Å². The molecule has 0 bridgehead atoms. The monoisotopic (exact) mass is 199 g/mol. The molecule has 4 heteroatoms. The van der Waals surface area contributed by atoms with E-state index in [-0.39, 0.29) is 0 Å². The van der Waals surface area contributed by atoms with E-state index in [4.69, 9.17) is 9.47 Å². The first-order chi connectivity index (χ1) is 6.22. The summed E-state index contributed by atoms with van der Waals surface area (Å²) in [5.74, 6) is 1.39. The number of nitrogens with one attached hydrogen (secondary N) is 1. The summed E-state index contributed by atoms with van der Waals surface area (Å²) < 4.78 is 10.2. The number of anilines is 1. The molecule has 72 valence electrons. The molecule has 0 atom stereocenters. The molecule has 1 aromatic rings. The molecule has 0 unspecified atom stereocenters. The molecule has 0 spiro atoms. The molecule has 0 aliphatic carbocycles. The maximum atomic E-state index is 5.13. The molecule has 0 aliphatic heterocycles. The molecule has 3 nitrogen and oxygen atoms in total. The van der Waals surface area contributed by atoms with Crippen molar-refractivity contribution >= 4 is 18.3 Å². The van der Waals surface area contributed by atoms with Gasteiger partial charge in [-0.2, -0.15) is 0 Å². The van der Waals surface area contributed by atoms with Gasteiger partial charge in [0.1, 0.15) is 0 Å². The Morgan fingerprint density at radius 1 is 1.15 bits per heavy atom. The Kier molecular flexibility index (Phi) is 3.31. The van der Waals surface area contributed by atoms with Crippen molar-refractivity contribution in [1.29, 1.82) is 0 Å². The van der Waals surface area contributed by atoms with Crippen molar-refractivity contribution in [3.8, 4) is 11.5 Å². The van der Waals surface area contributed by atoms with Gasteiger partial charge in [0.15, 0.2) is 11.5 Å². The molecule has 1 rings (SSSR count). The Hall–Kier alpha value is -1.03. The SMILES string of the molecule is CNc1cc(OC)c(OC)cc1S. The van der Waals surface area contributed by atoms with Gasteiger partial charge in [0.05, 0.1) is 19.9 Å². The van der Waals surface area contributed by atoms with Gasteiger partial charge in [-0.05, 0) is 6.07 Å². The number of rotatable bonds is 3. The topological polar surface area (TPSA) is 30.5 Å². The fourth-order valence-electron chi connectivity index (χ4n) is 1.07. The van der Waals surface area contributed by atoms with Crippen molar-refractivity contribution in [2.75, 3.05) is 26.6 Å². The van der Waals surface area contributed by atoms with Crippen LogP contribution >= 0.6 is 12.6 Å². The van der Waals surface area contributed by atoms with Crippen LogP contribution < -0.4 is 14.8 Å². The van der Waals surface area contributed by atoms with Crippen LogP contribution in [0, 0.1) is 0 Å². The van der Waals surface area contributed by atoms with Gasteiger partial charge < -0.3 is 14.8 Å². The Balaban J connectivity index is 3.18. The van der Waals surface area contributed by atoms with Crippen LogP contribution in [-0.4, -0.2) is 21.3 Å². The molecular formula is C9H13NO2S. The number of benzene rings is 1. The molecule has 0 saturated heterocycles. The summed E-state index contributed by atoms with van der Waals surface area (Å²) in [7, 11) is 5.04. The van der Waals surface area contributed by atoms with E-state index in [1.807, 2.05) is 19.2 Å². The highest BCUT2D eigenvalue weighted by molar-refractivity contribution is 7.80. The van der Waals surface area contributed by atoms with Gasteiger partial charge in [-0.25, -0.2) is 0 Å². The standard InChI is InChI=1S/C9H13NO2S/c1-10-6-4-7(11-2)8(12-3)5-9(6)13/h4-5,10,13H,1-3H3. The number of hydrogen-bond acceptors (Lipinski definition) is 4. The zero-order chi connectivity index (χ0) is 9.84. The second-order valence-electron chi connectivity index (χ2n) is 2.47. The largest absolute Gasteiger partial charge is 0.493 e. The van der Waals surface area contributed by atoms with Crippen molar-refractivity contribution in [2.45, 2.75) is 4.90 Å². The van der Waals surface area contributed by atoms with Crippen LogP contribution in [0.1, 0.15) is 0 Å². The van der Waals surface area contributed by atoms with Crippen LogP contribution in [0.5, 0.6) is 11.5 Å². The summed E-state index contributed by atoms with van der Waals surface area (Å²) in [6.45, 7) is 0. The zero-order valence-electron chi connectivity index (χ0n) is 7.92. The molecular weight excluding hydrogens is 186 g/mol. The van der Waals surface area contributed by atoms with E-state index in [2.05, 4.69) is 17.9 Å². The highest BCUT2D eigenvalue weighted by Gasteiger charge is 2.07. The molecule has 0 saturated carbocycles. The molecule has 13 heavy (non-hydrogen) atoms. The fraction of sp³-hybridized carbons (Fsp3) is 0.333. The normalized spacial score (nSPS) is 9.54. The summed E-state index contributed by atoms with van der Waals surface area (Å²) in [4.78, 5) is 0.833. The van der Waals surface area contributed by atoms with Crippen molar-refractivity contribution in [3.05, 3.63) is 12.1 Å². The van der Waals surface area contributed by atoms with Gasteiger partial charge in [-0.15, -0.1) is 12.6 Å². The van der Waals surface area contributed by atoms with Crippen LogP contribution in [-0.2, 0) is 0 Å². The summed E-state index contributed by atoms with van der Waals surface area (Å²) in [6.07, 6.45) is 0. The lowest BCUT2D eigenvalue weighted by atomic mass is 10.2. The third-order valence-electron chi connectivity index (χ3n) is 1.77. The predicted molar refractivity (Wildman–Crippen MR) is 56.3 cm³/mol. The molecule has 1 N–H and O–H groups in total. The van der Waals surface area contributed by atoms with E-state index in [0.29, 0.717) is 11.5 Å². The van der Waals surface area contributed by atoms with Crippen LogP contribution in [0.2, 0.25) is 0 Å². The number of ether oxygens (including phenoxy) is 2. The summed E-state index contributed by atoms with van der Waals surface area (Å²) in [6, 6.07) is 3.66. The minimum Gasteiger partial charge on any atom is -0.493 e. The summed E-state index contributed by atoms with van der Waals surface area (Å²) >= 11 is 4.29. The third kappa shape index (κ3) is 2.01. The molecule has 0 aliphatic rings. The minimum absolute atomic E-state index is 0.687. The van der Waals surface area contributed by atoms with E-state index >= 15 is 0 Å². The Bertz CT molecular complexity index is 302. The van der Waals surface area contributed by atoms with Crippen LogP contribution in [0.4, 0.5) is 5.69 Å². The van der Waals surface area contributed by atoms with E-state index in [1.54, 1.807) is 14.2 Å². The second-order valence-corrected chi connectivity index (χ2v) is 2.96. The first-order valence-corrected chi connectivity index (χ1v) is 4.30. The average molecular weight is 199 g/mol. The van der Waals surface area contributed by atoms with Gasteiger partial charge in [-0.1, -0.05) is 0 Å². The van der Waals surface area contributed by atoms with Crippen LogP contribution in [0.15, 0.2) is 17.0 Å². The zero-order valence-corrected chi connectivity index (χ0v) is 8.81. The first kappa shape index (κ1) is 10.1. The van der Waals surface area contributed by atoms with Crippen molar-refractivity contribution < 1.29 is 9.47 Å². The smallest absolute Gasteiger partial charge is 0.162 e. The predicted octanol–water partition coefficient (Wildman–Crippen LogP) is 2.03. The van der Waals surface area contributed by atoms with E-state index < -0.39 is 0 Å². The van der Waals surface area contributed by atoms with E-state index in [0.717, 1.165) is 10.6 Å². The maximum absolute atomic E-state index is 5.13. The lowest BCUT2D eigenvalue weighted by Crippen LogP contribution is -1.95. The van der Waals surface area contributed by atoms with Crippen molar-refractivity contribution in [1.82, 2.24) is 0 Å². The summed E-state index contributed by atoms with van der Waals surface area (Å²) in [5, 5.41) is 3.01. The molecule has 1 aromatic carbocycles. The molecule has 0 heterocycles. The van der Waals surface area contributed by atoms with E-state index in [1.165, 1.54) is 0 Å². The van der Waals surface area contributed by atoms with Crippen LogP contribution in [0.25, 0.3) is 0 Å². The number of hydrogen-bond donors (Lipinski definition) is 2. The second kappa shape index (κ2) is 4.28. The highest BCUT2D eigenvalue weighted by Crippen LogP contribution is 2.34. The van der Waals surface area contributed by atoms with Crippen molar-refractivity contribution in [2.24, 2.45) is 0 Å². The molecule has 0 fully saturated rings. The average Bonchev–Trinajstić information content (AvgIpc) is 2.17. The minimum atomic E-state index is 0.687. The number of thiol groups is 1. The molecule has 0 aromatic heterocycles. The van der Waals surface area contributed by atoms with Gasteiger partial charge in [0, 0.05) is 18.0 Å². The Labute approximate surface area is 83.5 Å². The van der Waals surface area contributed by atoms with Crippen molar-refractivity contribution in [3.63, 3.8) is 0 Å². The molecule has 0 amide bonds. The molecule has 0 radical (unpaired) electrons. The van der Waals surface area contributed by atoms with Crippen LogP contribution in [0.3, 0.4) is 0 Å².